The monoisotopic (exact) mass is 176 g/mol. The normalized spacial score (nSPS) is 9.69. The lowest BCUT2D eigenvalue weighted by molar-refractivity contribution is -0.115. The van der Waals surface area contributed by atoms with Gasteiger partial charge < -0.3 is 5.32 Å². The molecule has 1 aromatic carbocycles. The maximum absolute atomic E-state index is 11.0. The molecule has 2 nitrogen and oxygen atoms in total. The number of benzene rings is 1. The fourth-order valence-corrected chi connectivity index (χ4v) is 1.00. The number of nitrogens with one attached hydrogen (secondary N) is 1. The summed E-state index contributed by atoms with van der Waals surface area (Å²) in [5, 5.41) is 2.78. The van der Waals surface area contributed by atoms with Crippen molar-refractivity contribution in [3.05, 3.63) is 36.8 Å². The van der Waals surface area contributed by atoms with E-state index in [9.17, 15) is 4.79 Å². The van der Waals surface area contributed by atoms with Gasteiger partial charge in [0.05, 0.1) is 0 Å². The van der Waals surface area contributed by atoms with Crippen LogP contribution in [0.4, 0.5) is 5.69 Å². The third-order valence-corrected chi connectivity index (χ3v) is 1.85. The Kier molecular flexibility index (Phi) is 3.50. The molecule has 13 heavy (non-hydrogen) atoms. The topological polar surface area (TPSA) is 29.1 Å². The van der Waals surface area contributed by atoms with E-state index in [0.29, 0.717) is 6.42 Å². The lowest BCUT2D eigenvalue weighted by atomic mass is 10.1. The van der Waals surface area contributed by atoms with Gasteiger partial charge >= 0.3 is 0 Å². The highest BCUT2D eigenvalue weighted by Gasteiger charge is 1.97. The van der Waals surface area contributed by atoms with Crippen molar-refractivity contribution in [1.82, 2.24) is 0 Å². The zero-order valence-corrected chi connectivity index (χ0v) is 7.84. The van der Waals surface area contributed by atoms with Gasteiger partial charge in [0.1, 0.15) is 0 Å². The van der Waals surface area contributed by atoms with Crippen molar-refractivity contribution >= 4 is 11.6 Å². The maximum Gasteiger partial charge on any atom is 0.224 e. The quantitative estimate of drug-likeness (QED) is 0.752. The average Bonchev–Trinajstić information content (AvgIpc) is 2.19. The third kappa shape index (κ3) is 2.90. The van der Waals surface area contributed by atoms with Gasteiger partial charge in [0.15, 0.2) is 0 Å². The van der Waals surface area contributed by atoms with Crippen molar-refractivity contribution in [2.24, 2.45) is 0 Å². The number of carbonyl (C=O) groups excluding carboxylic acids is 1. The summed E-state index contributed by atoms with van der Waals surface area (Å²) in [5.41, 5.74) is 2.03. The molecule has 0 saturated heterocycles. The molecule has 0 aliphatic rings. The summed E-state index contributed by atoms with van der Waals surface area (Å²) in [5.74, 6) is 0.0439. The molecule has 1 amide bonds. The number of amides is 1. The Balaban J connectivity index is 2.64. The van der Waals surface area contributed by atoms with Gasteiger partial charge in [-0.25, -0.2) is 0 Å². The van der Waals surface area contributed by atoms with Gasteiger partial charge in [-0.05, 0) is 31.0 Å². The molecule has 0 heterocycles. The van der Waals surface area contributed by atoms with E-state index in [1.54, 1.807) is 0 Å². The zero-order chi connectivity index (χ0) is 9.68. The number of hydrogen-bond donors (Lipinski definition) is 1. The molecule has 0 spiro atoms. The first kappa shape index (κ1) is 9.78. The number of rotatable bonds is 3. The molecule has 1 aromatic rings. The van der Waals surface area contributed by atoms with E-state index < -0.39 is 0 Å². The predicted octanol–water partition coefficient (Wildman–Crippen LogP) is 2.41. The Labute approximate surface area is 79.0 Å². The smallest absolute Gasteiger partial charge is 0.224 e. The first-order valence-corrected chi connectivity index (χ1v) is 4.44. The van der Waals surface area contributed by atoms with Gasteiger partial charge in [-0.1, -0.05) is 19.1 Å². The van der Waals surface area contributed by atoms with Crippen molar-refractivity contribution in [3.63, 3.8) is 0 Å². The maximum atomic E-state index is 11.0. The summed E-state index contributed by atoms with van der Waals surface area (Å²) < 4.78 is 0. The first-order valence-electron chi connectivity index (χ1n) is 4.44. The third-order valence-electron chi connectivity index (χ3n) is 1.85. The molecule has 2 heteroatoms. The fraction of sp³-hybridized carbons (Fsp3) is 0.273. The Morgan fingerprint density at radius 3 is 2.46 bits per heavy atom. The van der Waals surface area contributed by atoms with Crippen LogP contribution in [0.3, 0.4) is 0 Å². The Bertz CT molecular complexity index is 277. The molecule has 0 aromatic heterocycles. The molecular weight excluding hydrogens is 162 g/mol. The number of carbonyl (C=O) groups is 1. The van der Waals surface area contributed by atoms with Crippen LogP contribution in [0.25, 0.3) is 0 Å². The minimum Gasteiger partial charge on any atom is -0.326 e. The number of hydrogen-bond acceptors (Lipinski definition) is 1. The predicted molar refractivity (Wildman–Crippen MR) is 54.4 cm³/mol. The molecule has 0 bridgehead atoms. The summed E-state index contributed by atoms with van der Waals surface area (Å²) in [6.45, 7) is 5.61. The lowest BCUT2D eigenvalue weighted by Gasteiger charge is -2.03. The van der Waals surface area contributed by atoms with E-state index in [2.05, 4.69) is 12.2 Å². The van der Waals surface area contributed by atoms with Crippen LogP contribution in [0.5, 0.6) is 0 Å². The minimum atomic E-state index is 0.0439. The van der Waals surface area contributed by atoms with Gasteiger partial charge in [0.2, 0.25) is 5.91 Å². The van der Waals surface area contributed by atoms with E-state index in [1.807, 2.05) is 31.2 Å². The molecule has 0 fully saturated rings. The molecule has 0 aliphatic heterocycles. The number of anilines is 1. The van der Waals surface area contributed by atoms with Gasteiger partial charge in [0.25, 0.3) is 0 Å². The first-order chi connectivity index (χ1) is 6.26. The Morgan fingerprint density at radius 2 is 2.00 bits per heavy atom. The van der Waals surface area contributed by atoms with E-state index in [-0.39, 0.29) is 5.91 Å². The van der Waals surface area contributed by atoms with E-state index in [4.69, 9.17) is 0 Å². The molecule has 1 rings (SSSR count). The van der Waals surface area contributed by atoms with Crippen LogP contribution in [0.2, 0.25) is 0 Å². The minimum absolute atomic E-state index is 0.0439. The molecule has 1 radical (unpaired) electrons. The SMILES string of the molecule is [CH2]Cc1ccc(NC(=O)CC)cc1. The summed E-state index contributed by atoms with van der Waals surface area (Å²) >= 11 is 0. The zero-order valence-electron chi connectivity index (χ0n) is 7.84. The molecule has 0 atom stereocenters. The van der Waals surface area contributed by atoms with Gasteiger partial charge in [0, 0.05) is 12.1 Å². The summed E-state index contributed by atoms with van der Waals surface area (Å²) in [7, 11) is 0. The summed E-state index contributed by atoms with van der Waals surface area (Å²) in [6.07, 6.45) is 1.29. The Morgan fingerprint density at radius 1 is 1.38 bits per heavy atom. The molecule has 1 N–H and O–H groups in total. The molecule has 0 unspecified atom stereocenters. The van der Waals surface area contributed by atoms with Gasteiger partial charge in [-0.15, -0.1) is 0 Å². The van der Waals surface area contributed by atoms with Crippen molar-refractivity contribution in [3.8, 4) is 0 Å². The molecule has 0 aliphatic carbocycles. The van der Waals surface area contributed by atoms with Gasteiger partial charge in [-0.2, -0.15) is 0 Å². The van der Waals surface area contributed by atoms with E-state index >= 15 is 0 Å². The molecule has 69 valence electrons. The largest absolute Gasteiger partial charge is 0.326 e. The highest BCUT2D eigenvalue weighted by Crippen LogP contribution is 2.09. The van der Waals surface area contributed by atoms with E-state index in [1.165, 1.54) is 5.56 Å². The van der Waals surface area contributed by atoms with Crippen molar-refractivity contribution in [2.45, 2.75) is 19.8 Å². The van der Waals surface area contributed by atoms with Crippen LogP contribution < -0.4 is 5.32 Å². The van der Waals surface area contributed by atoms with Crippen molar-refractivity contribution < 1.29 is 4.79 Å². The van der Waals surface area contributed by atoms with Crippen LogP contribution in [-0.2, 0) is 11.2 Å². The molecule has 0 saturated carbocycles. The second kappa shape index (κ2) is 4.65. The van der Waals surface area contributed by atoms with Crippen LogP contribution in [0, 0.1) is 6.92 Å². The van der Waals surface area contributed by atoms with Crippen molar-refractivity contribution in [1.29, 1.82) is 0 Å². The van der Waals surface area contributed by atoms with Gasteiger partial charge in [-0.3, -0.25) is 4.79 Å². The molecular formula is C11H14NO. The van der Waals surface area contributed by atoms with Crippen LogP contribution in [0.1, 0.15) is 18.9 Å². The average molecular weight is 176 g/mol. The highest BCUT2D eigenvalue weighted by atomic mass is 16.1. The van der Waals surface area contributed by atoms with Crippen molar-refractivity contribution in [2.75, 3.05) is 5.32 Å². The second-order valence-electron chi connectivity index (χ2n) is 2.85. The summed E-state index contributed by atoms with van der Waals surface area (Å²) in [6, 6.07) is 7.73. The standard InChI is InChI=1S/C11H14NO/c1-3-9-5-7-10(8-6-9)12-11(13)4-2/h5-8H,1,3-4H2,2H3,(H,12,13). The fourth-order valence-electron chi connectivity index (χ4n) is 1.00. The Hall–Kier alpha value is -1.31. The van der Waals surface area contributed by atoms with Crippen LogP contribution in [-0.4, -0.2) is 5.91 Å². The van der Waals surface area contributed by atoms with Crippen LogP contribution in [0.15, 0.2) is 24.3 Å². The summed E-state index contributed by atoms with van der Waals surface area (Å²) in [4.78, 5) is 11.0. The highest BCUT2D eigenvalue weighted by molar-refractivity contribution is 5.90. The van der Waals surface area contributed by atoms with E-state index in [0.717, 1.165) is 12.1 Å². The lowest BCUT2D eigenvalue weighted by Crippen LogP contribution is -2.09. The van der Waals surface area contributed by atoms with Crippen LogP contribution >= 0.6 is 0 Å². The second-order valence-corrected chi connectivity index (χ2v) is 2.85.